The lowest BCUT2D eigenvalue weighted by molar-refractivity contribution is 0.318. The van der Waals surface area contributed by atoms with E-state index in [4.69, 9.17) is 10.5 Å². The number of anilines is 1. The molecule has 0 radical (unpaired) electrons. The van der Waals surface area contributed by atoms with Crippen LogP contribution in [-0.2, 0) is 0 Å². The second-order valence-corrected chi connectivity index (χ2v) is 5.72. The number of nitrogens with two attached hydrogens (primary N) is 1. The Morgan fingerprint density at radius 3 is 2.80 bits per heavy atom. The van der Waals surface area contributed by atoms with Crippen molar-refractivity contribution >= 4 is 17.4 Å². The predicted octanol–water partition coefficient (Wildman–Crippen LogP) is 4.28. The van der Waals surface area contributed by atoms with Gasteiger partial charge in [-0.1, -0.05) is 12.1 Å². The van der Waals surface area contributed by atoms with Crippen molar-refractivity contribution in [3.05, 3.63) is 53.8 Å². The van der Waals surface area contributed by atoms with Gasteiger partial charge >= 0.3 is 0 Å². The molecule has 0 heterocycles. The topological polar surface area (TPSA) is 35.2 Å². The molecule has 106 valence electrons. The summed E-state index contributed by atoms with van der Waals surface area (Å²) in [4.78, 5) is 0.896. The summed E-state index contributed by atoms with van der Waals surface area (Å²) in [6, 6.07) is 12.9. The van der Waals surface area contributed by atoms with Gasteiger partial charge in [0.05, 0.1) is 12.3 Å². The van der Waals surface area contributed by atoms with E-state index in [1.54, 1.807) is 17.8 Å². The number of hydrogen-bond donors (Lipinski definition) is 1. The minimum atomic E-state index is -0.356. The molecule has 0 saturated heterocycles. The molecule has 0 unspecified atom stereocenters. The minimum absolute atomic E-state index is 0.192. The molecule has 0 aliphatic rings. The summed E-state index contributed by atoms with van der Waals surface area (Å²) >= 11 is 1.61. The molecule has 0 amide bonds. The van der Waals surface area contributed by atoms with Gasteiger partial charge < -0.3 is 10.5 Å². The van der Waals surface area contributed by atoms with Crippen molar-refractivity contribution < 1.29 is 9.13 Å². The van der Waals surface area contributed by atoms with Crippen LogP contribution in [0.15, 0.2) is 47.4 Å². The molecule has 4 heteroatoms. The largest absolute Gasteiger partial charge is 0.494 e. The lowest BCUT2D eigenvalue weighted by Gasteiger charge is -2.07. The van der Waals surface area contributed by atoms with Crippen LogP contribution in [0.4, 0.5) is 10.1 Å². The number of hydrogen-bond acceptors (Lipinski definition) is 3. The Balaban J connectivity index is 1.70. The number of benzene rings is 2. The van der Waals surface area contributed by atoms with Gasteiger partial charge in [-0.05, 0) is 49.2 Å². The molecule has 0 aromatic heterocycles. The Labute approximate surface area is 123 Å². The number of rotatable bonds is 6. The van der Waals surface area contributed by atoms with E-state index in [9.17, 15) is 4.39 Å². The zero-order valence-corrected chi connectivity index (χ0v) is 12.3. The van der Waals surface area contributed by atoms with Crippen molar-refractivity contribution in [2.24, 2.45) is 0 Å². The van der Waals surface area contributed by atoms with E-state index in [0.29, 0.717) is 6.61 Å². The molecule has 0 fully saturated rings. The molecule has 0 aliphatic heterocycles. The first-order valence-electron chi connectivity index (χ1n) is 6.52. The average Bonchev–Trinajstić information content (AvgIpc) is 2.42. The Hall–Kier alpha value is -1.68. The van der Waals surface area contributed by atoms with Crippen LogP contribution >= 0.6 is 11.8 Å². The van der Waals surface area contributed by atoms with E-state index in [-0.39, 0.29) is 11.5 Å². The highest BCUT2D eigenvalue weighted by molar-refractivity contribution is 7.99. The van der Waals surface area contributed by atoms with Crippen LogP contribution in [0.2, 0.25) is 0 Å². The van der Waals surface area contributed by atoms with Crippen LogP contribution in [-0.4, -0.2) is 12.4 Å². The molecular formula is C16H18FNOS. The Morgan fingerprint density at radius 1 is 1.20 bits per heavy atom. The highest BCUT2D eigenvalue weighted by atomic mass is 32.2. The lowest BCUT2D eigenvalue weighted by atomic mass is 10.2. The van der Waals surface area contributed by atoms with Crippen molar-refractivity contribution in [2.75, 3.05) is 18.1 Å². The third-order valence-electron chi connectivity index (χ3n) is 2.79. The van der Waals surface area contributed by atoms with E-state index in [1.807, 2.05) is 37.3 Å². The molecule has 0 saturated carbocycles. The van der Waals surface area contributed by atoms with Crippen LogP contribution in [0.5, 0.6) is 5.75 Å². The monoisotopic (exact) mass is 291 g/mol. The molecule has 0 bridgehead atoms. The molecule has 2 rings (SSSR count). The molecule has 0 spiro atoms. The maximum Gasteiger partial charge on any atom is 0.147 e. The lowest BCUT2D eigenvalue weighted by Crippen LogP contribution is -1.99. The van der Waals surface area contributed by atoms with Gasteiger partial charge in [0, 0.05) is 10.6 Å². The third-order valence-corrected chi connectivity index (χ3v) is 3.87. The fourth-order valence-corrected chi connectivity index (χ4v) is 2.59. The molecule has 2 N–H and O–H groups in total. The molecular weight excluding hydrogens is 273 g/mol. The summed E-state index contributed by atoms with van der Waals surface area (Å²) in [6.45, 7) is 2.70. The molecule has 0 atom stereocenters. The molecule has 2 nitrogen and oxygen atoms in total. The summed E-state index contributed by atoms with van der Waals surface area (Å²) in [7, 11) is 0. The zero-order valence-electron chi connectivity index (χ0n) is 11.4. The summed E-state index contributed by atoms with van der Waals surface area (Å²) in [5, 5.41) is 0. The van der Waals surface area contributed by atoms with Gasteiger partial charge in [0.15, 0.2) is 0 Å². The van der Waals surface area contributed by atoms with Gasteiger partial charge in [-0.15, -0.1) is 11.8 Å². The van der Waals surface area contributed by atoms with E-state index in [0.717, 1.165) is 22.8 Å². The summed E-state index contributed by atoms with van der Waals surface area (Å²) in [6.07, 6.45) is 0.907. The molecule has 0 aliphatic carbocycles. The van der Waals surface area contributed by atoms with Gasteiger partial charge in [-0.2, -0.15) is 0 Å². The van der Waals surface area contributed by atoms with Crippen molar-refractivity contribution in [3.63, 3.8) is 0 Å². The second kappa shape index (κ2) is 7.20. The molecule has 20 heavy (non-hydrogen) atoms. The summed E-state index contributed by atoms with van der Waals surface area (Å²) in [5.74, 6) is 1.43. The normalized spacial score (nSPS) is 10.5. The summed E-state index contributed by atoms with van der Waals surface area (Å²) in [5.41, 5.74) is 6.82. The highest BCUT2D eigenvalue weighted by Crippen LogP contribution is 2.22. The van der Waals surface area contributed by atoms with E-state index in [1.165, 1.54) is 11.6 Å². The van der Waals surface area contributed by atoms with Crippen molar-refractivity contribution in [3.8, 4) is 5.75 Å². The van der Waals surface area contributed by atoms with Crippen LogP contribution in [0.25, 0.3) is 0 Å². The third kappa shape index (κ3) is 4.46. The van der Waals surface area contributed by atoms with Gasteiger partial charge in [-0.3, -0.25) is 0 Å². The Morgan fingerprint density at radius 2 is 2.05 bits per heavy atom. The standard InChI is InChI=1S/C16H18FNOS/c1-12-4-2-5-13(10-12)19-8-3-9-20-14-6-7-16(18)15(17)11-14/h2,4-7,10-11H,3,8-9,18H2,1H3. The quantitative estimate of drug-likeness (QED) is 0.490. The number of halogens is 1. The average molecular weight is 291 g/mol. The SMILES string of the molecule is Cc1cccc(OCCCSc2ccc(N)c(F)c2)c1. The van der Waals surface area contributed by atoms with Crippen LogP contribution in [0, 0.1) is 12.7 Å². The number of thioether (sulfide) groups is 1. The summed E-state index contributed by atoms with van der Waals surface area (Å²) < 4.78 is 18.9. The van der Waals surface area contributed by atoms with Crippen LogP contribution < -0.4 is 10.5 Å². The Bertz CT molecular complexity index is 574. The number of nitrogen functional groups attached to an aromatic ring is 1. The van der Waals surface area contributed by atoms with Crippen molar-refractivity contribution in [1.82, 2.24) is 0 Å². The number of aryl methyl sites for hydroxylation is 1. The first kappa shape index (κ1) is 14.7. The smallest absolute Gasteiger partial charge is 0.147 e. The zero-order chi connectivity index (χ0) is 14.4. The molecule has 2 aromatic carbocycles. The van der Waals surface area contributed by atoms with Crippen molar-refractivity contribution in [1.29, 1.82) is 0 Å². The number of ether oxygens (including phenoxy) is 1. The van der Waals surface area contributed by atoms with Crippen molar-refractivity contribution in [2.45, 2.75) is 18.2 Å². The maximum absolute atomic E-state index is 13.3. The Kier molecular flexibility index (Phi) is 5.30. The van der Waals surface area contributed by atoms with Gasteiger partial charge in [0.2, 0.25) is 0 Å². The van der Waals surface area contributed by atoms with E-state index < -0.39 is 0 Å². The van der Waals surface area contributed by atoms with Gasteiger partial charge in [0.1, 0.15) is 11.6 Å². The minimum Gasteiger partial charge on any atom is -0.494 e. The first-order chi connectivity index (χ1) is 9.65. The maximum atomic E-state index is 13.3. The highest BCUT2D eigenvalue weighted by Gasteiger charge is 2.01. The first-order valence-corrected chi connectivity index (χ1v) is 7.51. The van der Waals surface area contributed by atoms with Gasteiger partial charge in [0.25, 0.3) is 0 Å². The van der Waals surface area contributed by atoms with Crippen LogP contribution in [0.3, 0.4) is 0 Å². The molecule has 2 aromatic rings. The second-order valence-electron chi connectivity index (χ2n) is 4.55. The van der Waals surface area contributed by atoms with E-state index >= 15 is 0 Å². The predicted molar refractivity (Wildman–Crippen MR) is 82.8 cm³/mol. The fraction of sp³-hybridized carbons (Fsp3) is 0.250. The van der Waals surface area contributed by atoms with E-state index in [2.05, 4.69) is 0 Å². The van der Waals surface area contributed by atoms with Gasteiger partial charge in [-0.25, -0.2) is 4.39 Å². The van der Waals surface area contributed by atoms with Crippen LogP contribution in [0.1, 0.15) is 12.0 Å². The fourth-order valence-electron chi connectivity index (χ4n) is 1.74.